The van der Waals surface area contributed by atoms with Crippen LogP contribution in [0.2, 0.25) is 0 Å². The van der Waals surface area contributed by atoms with Crippen LogP contribution in [-0.4, -0.2) is 23.9 Å². The molecule has 0 saturated heterocycles. The molecule has 0 N–H and O–H groups in total. The maximum atomic E-state index is 16.5. The molecule has 266 valence electrons. The molecule has 0 atom stereocenters. The van der Waals surface area contributed by atoms with Gasteiger partial charge in [-0.3, -0.25) is 0 Å². The number of hydrogen-bond donors (Lipinski definition) is 0. The van der Waals surface area contributed by atoms with Crippen LogP contribution < -0.4 is 4.74 Å². The molecule has 0 fully saturated rings. The lowest BCUT2D eigenvalue weighted by molar-refractivity contribution is -0.134. The Kier molecular flexibility index (Phi) is 14.6. The second kappa shape index (κ2) is 19.2. The minimum absolute atomic E-state index is 0.0355. The molecule has 3 aromatic rings. The highest BCUT2D eigenvalue weighted by molar-refractivity contribution is 5.89. The summed E-state index contributed by atoms with van der Waals surface area (Å²) in [7, 11) is 0. The smallest absolute Gasteiger partial charge is 0.337 e. The van der Waals surface area contributed by atoms with Gasteiger partial charge in [0.2, 0.25) is 0 Å². The van der Waals surface area contributed by atoms with Gasteiger partial charge in [-0.05, 0) is 86.9 Å². The molecule has 0 radical (unpaired) electrons. The third-order valence-electron chi connectivity index (χ3n) is 6.87. The Bertz CT molecular complexity index is 2210. The van der Waals surface area contributed by atoms with Crippen LogP contribution in [0.15, 0.2) is 116 Å². The van der Waals surface area contributed by atoms with Crippen molar-refractivity contribution in [2.75, 3.05) is 0 Å². The van der Waals surface area contributed by atoms with E-state index in [1.807, 2.05) is 0 Å². The number of carbonyl (C=O) groups is 4. The molecule has 53 heavy (non-hydrogen) atoms. The van der Waals surface area contributed by atoms with Gasteiger partial charge in [0.15, 0.2) is 11.6 Å². The zero-order valence-electron chi connectivity index (χ0n) is 29.6. The minimum atomic E-state index is -0.989. The fourth-order valence-corrected chi connectivity index (χ4v) is 3.99. The van der Waals surface area contributed by atoms with E-state index in [4.69, 9.17) is 18.9 Å². The summed E-state index contributed by atoms with van der Waals surface area (Å²) in [4.78, 5) is 47.7. The highest BCUT2D eigenvalue weighted by Crippen LogP contribution is 2.33. The summed E-state index contributed by atoms with van der Waals surface area (Å²) in [6, 6.07) is 13.6. The fraction of sp³-hybridized carbons (Fsp3) is 0.0909. The fourth-order valence-electron chi connectivity index (χ4n) is 3.99. The molecule has 0 aliphatic carbocycles. The Labute approximate surface area is 307 Å². The average molecular weight is 711 g/mol. The molecule has 0 spiro atoms. The normalized spacial score (nSPS) is 10.4. The van der Waals surface area contributed by atoms with Gasteiger partial charge >= 0.3 is 23.9 Å². The maximum absolute atomic E-state index is 16.5. The van der Waals surface area contributed by atoms with Gasteiger partial charge in [0.25, 0.3) is 0 Å². The Morgan fingerprint density at radius 2 is 1.02 bits per heavy atom. The van der Waals surface area contributed by atoms with E-state index in [1.54, 1.807) is 67.6 Å². The summed E-state index contributed by atoms with van der Waals surface area (Å²) < 4.78 is 36.9. The molecule has 0 aliphatic heterocycles. The van der Waals surface area contributed by atoms with Gasteiger partial charge in [0.1, 0.15) is 0 Å². The number of carbonyl (C=O) groups excluding carboxylic acids is 4. The molecule has 0 heterocycles. The van der Waals surface area contributed by atoms with E-state index in [0.29, 0.717) is 27.8 Å². The zero-order valence-corrected chi connectivity index (χ0v) is 29.6. The van der Waals surface area contributed by atoms with Crippen LogP contribution in [0.5, 0.6) is 5.75 Å². The van der Waals surface area contributed by atoms with Crippen molar-refractivity contribution in [2.45, 2.75) is 27.7 Å². The summed E-state index contributed by atoms with van der Waals surface area (Å²) >= 11 is 0. The third-order valence-corrected chi connectivity index (χ3v) is 6.87. The first kappa shape index (κ1) is 40.2. The van der Waals surface area contributed by atoms with Crippen molar-refractivity contribution in [1.29, 1.82) is 0 Å². The number of rotatable bonds is 11. The lowest BCUT2D eigenvalue weighted by Gasteiger charge is -2.14. The lowest BCUT2D eigenvalue weighted by Crippen LogP contribution is -2.10. The van der Waals surface area contributed by atoms with Gasteiger partial charge < -0.3 is 18.9 Å². The summed E-state index contributed by atoms with van der Waals surface area (Å²) in [5, 5.41) is 0. The van der Waals surface area contributed by atoms with Gasteiger partial charge in [-0.1, -0.05) is 74.3 Å². The van der Waals surface area contributed by atoms with Crippen LogP contribution in [-0.2, 0) is 33.4 Å². The molecule has 0 unspecified atom stereocenters. The van der Waals surface area contributed by atoms with Crippen LogP contribution in [0.4, 0.5) is 4.39 Å². The first-order valence-electron chi connectivity index (χ1n) is 15.7. The highest BCUT2D eigenvalue weighted by atomic mass is 19.1. The van der Waals surface area contributed by atoms with E-state index >= 15 is 4.39 Å². The van der Waals surface area contributed by atoms with Crippen LogP contribution >= 0.6 is 0 Å². The molecule has 3 rings (SSSR count). The van der Waals surface area contributed by atoms with Crippen LogP contribution in [0.25, 0.3) is 18.2 Å². The molecular formula is C44H35FO8. The predicted octanol–water partition coefficient (Wildman–Crippen LogP) is 8.30. The van der Waals surface area contributed by atoms with E-state index in [2.05, 4.69) is 50.0 Å². The second-order valence-electron chi connectivity index (χ2n) is 11.3. The molecule has 9 heteroatoms. The quantitative estimate of drug-likeness (QED) is 0.0489. The van der Waals surface area contributed by atoms with Gasteiger partial charge in [-0.15, -0.1) is 0 Å². The SMILES string of the molecule is C=CC(=O)Oc1c(F)c(C#Cc2ccc(/C=C/OC(=O)C(=C)C)cc2)c(/C=C/OC(=O)C(=C)C)c(C)c1C#Cc1ccc(/C=C/OC(=O)C(=C)C)cc1. The van der Waals surface area contributed by atoms with Crippen molar-refractivity contribution in [1.82, 2.24) is 0 Å². The largest absolute Gasteiger partial charge is 0.431 e. The Morgan fingerprint density at radius 1 is 0.623 bits per heavy atom. The van der Waals surface area contributed by atoms with E-state index in [1.165, 1.54) is 39.4 Å². The first-order valence-corrected chi connectivity index (χ1v) is 15.7. The van der Waals surface area contributed by atoms with Crippen molar-refractivity contribution in [2.24, 2.45) is 0 Å². The predicted molar refractivity (Wildman–Crippen MR) is 202 cm³/mol. The van der Waals surface area contributed by atoms with Crippen molar-refractivity contribution >= 4 is 42.1 Å². The van der Waals surface area contributed by atoms with Gasteiger partial charge in [-0.25, -0.2) is 23.6 Å². The topological polar surface area (TPSA) is 105 Å². The van der Waals surface area contributed by atoms with Gasteiger partial charge in [0, 0.05) is 39.5 Å². The Balaban J connectivity index is 2.11. The van der Waals surface area contributed by atoms with E-state index < -0.39 is 35.4 Å². The monoisotopic (exact) mass is 710 g/mol. The molecule has 8 nitrogen and oxygen atoms in total. The number of halogens is 1. The van der Waals surface area contributed by atoms with Crippen molar-refractivity contribution in [3.8, 4) is 29.4 Å². The lowest BCUT2D eigenvalue weighted by atomic mass is 9.94. The molecule has 0 aliphatic rings. The van der Waals surface area contributed by atoms with E-state index in [9.17, 15) is 19.2 Å². The first-order chi connectivity index (χ1) is 25.2. The summed E-state index contributed by atoms with van der Waals surface area (Å²) in [5.41, 5.74) is 3.56. The third kappa shape index (κ3) is 12.0. The standard InChI is InChI=1S/C44H35FO8/c1-9-39(46)53-41-37(20-18-32-10-14-34(15-11-32)22-25-50-42(47)28(2)3)31(8)36(24-27-52-44(49)30(6)7)38(40(41)45)21-19-33-12-16-35(17-13-33)23-26-51-43(48)29(4)5/h9-17,22-27H,1-2,4,6H2,3,5,7-8H3/b25-22+,26-23+,27-24+. The molecule has 0 bridgehead atoms. The highest BCUT2D eigenvalue weighted by Gasteiger charge is 2.23. The molecule has 0 aromatic heterocycles. The van der Waals surface area contributed by atoms with Crippen molar-refractivity contribution in [3.63, 3.8) is 0 Å². The zero-order chi connectivity index (χ0) is 39.1. The number of benzene rings is 3. The number of ether oxygens (including phenoxy) is 4. The Morgan fingerprint density at radius 3 is 1.42 bits per heavy atom. The summed E-state index contributed by atoms with van der Waals surface area (Å²) in [6.45, 7) is 20.2. The Hall–Kier alpha value is -7.23. The molecular weight excluding hydrogens is 675 g/mol. The van der Waals surface area contributed by atoms with Crippen LogP contribution in [0.3, 0.4) is 0 Å². The molecule has 3 aromatic carbocycles. The molecule has 0 amide bonds. The summed E-state index contributed by atoms with van der Waals surface area (Å²) in [6.07, 6.45) is 8.97. The van der Waals surface area contributed by atoms with Gasteiger partial charge in [0.05, 0.1) is 29.9 Å². The van der Waals surface area contributed by atoms with Crippen LogP contribution in [0.1, 0.15) is 65.3 Å². The average Bonchev–Trinajstić information content (AvgIpc) is 3.13. The van der Waals surface area contributed by atoms with Gasteiger partial charge in [-0.2, -0.15) is 0 Å². The maximum Gasteiger partial charge on any atom is 0.337 e. The van der Waals surface area contributed by atoms with Crippen LogP contribution in [0, 0.1) is 36.4 Å². The minimum Gasteiger partial charge on any atom is -0.431 e. The summed E-state index contributed by atoms with van der Waals surface area (Å²) in [5.74, 6) is 7.40. The van der Waals surface area contributed by atoms with E-state index in [0.717, 1.165) is 12.3 Å². The number of esters is 4. The number of hydrogen-bond acceptors (Lipinski definition) is 8. The molecule has 0 saturated carbocycles. The van der Waals surface area contributed by atoms with Crippen molar-refractivity contribution in [3.05, 3.63) is 167 Å². The second-order valence-corrected chi connectivity index (χ2v) is 11.3. The van der Waals surface area contributed by atoms with Crippen molar-refractivity contribution < 1.29 is 42.5 Å². The van der Waals surface area contributed by atoms with E-state index in [-0.39, 0.29) is 33.4 Å².